The Hall–Kier alpha value is -2.82. The molecule has 3 heterocycles. The molecular formula is C24H26N2O3. The van der Waals surface area contributed by atoms with Crippen LogP contribution >= 0.6 is 0 Å². The fraction of sp³-hybridized carbons (Fsp3) is 0.417. The van der Waals surface area contributed by atoms with Crippen molar-refractivity contribution < 1.29 is 14.3 Å². The summed E-state index contributed by atoms with van der Waals surface area (Å²) in [6.07, 6.45) is 11.9. The fourth-order valence-corrected chi connectivity index (χ4v) is 5.10. The second kappa shape index (κ2) is 6.90. The monoisotopic (exact) mass is 390 g/mol. The first-order valence-corrected chi connectivity index (χ1v) is 10.4. The number of aromatic nitrogens is 1. The number of rotatable bonds is 4. The van der Waals surface area contributed by atoms with Crippen molar-refractivity contribution in [1.82, 2.24) is 9.88 Å². The smallest absolute Gasteiger partial charge is 0.247 e. The molecule has 0 radical (unpaired) electrons. The Labute approximate surface area is 171 Å². The molecule has 29 heavy (non-hydrogen) atoms. The van der Waals surface area contributed by atoms with E-state index >= 15 is 0 Å². The van der Waals surface area contributed by atoms with Gasteiger partial charge in [-0.05, 0) is 55.7 Å². The predicted molar refractivity (Wildman–Crippen MR) is 111 cm³/mol. The summed E-state index contributed by atoms with van der Waals surface area (Å²) in [5.74, 6) is 1.70. The molecule has 5 heteroatoms. The zero-order chi connectivity index (χ0) is 20.0. The van der Waals surface area contributed by atoms with Crippen LogP contribution in [-0.4, -0.2) is 35.5 Å². The number of methoxy groups -OCH3 is 1. The molecule has 1 spiro atoms. The molecule has 1 aromatic carbocycles. The van der Waals surface area contributed by atoms with Gasteiger partial charge in [0.2, 0.25) is 5.91 Å². The molecule has 3 aliphatic rings. The lowest BCUT2D eigenvalue weighted by Gasteiger charge is -2.62. The molecule has 1 amide bonds. The quantitative estimate of drug-likeness (QED) is 0.735. The molecule has 2 aromatic rings. The van der Waals surface area contributed by atoms with Crippen molar-refractivity contribution in [1.29, 1.82) is 0 Å². The Balaban J connectivity index is 1.38. The van der Waals surface area contributed by atoms with Crippen molar-refractivity contribution in [2.45, 2.75) is 44.8 Å². The standard InChI is InChI=1S/C24H26N2O3/c1-16-12-19-14-20(28-2)18(13-21(19)29-16)4-5-22(27)26-15-24(8-3-9-24)23(26)17-6-10-25-11-7-17/h4-7,10-11,13-14,16,23H,3,8-9,12,15H2,1-2H3/b5-4+. The fourth-order valence-electron chi connectivity index (χ4n) is 5.10. The normalized spacial score (nSPS) is 24.0. The Morgan fingerprint density at radius 1 is 1.31 bits per heavy atom. The Bertz CT molecular complexity index is 966. The van der Waals surface area contributed by atoms with Crippen LogP contribution in [0.15, 0.2) is 42.7 Å². The molecule has 2 unspecified atom stereocenters. The van der Waals surface area contributed by atoms with E-state index in [2.05, 4.69) is 11.9 Å². The van der Waals surface area contributed by atoms with E-state index in [1.54, 1.807) is 13.2 Å². The molecule has 0 bridgehead atoms. The molecule has 2 aliphatic heterocycles. The van der Waals surface area contributed by atoms with Crippen LogP contribution in [-0.2, 0) is 11.2 Å². The van der Waals surface area contributed by atoms with Crippen molar-refractivity contribution in [3.63, 3.8) is 0 Å². The maximum absolute atomic E-state index is 13.0. The summed E-state index contributed by atoms with van der Waals surface area (Å²) in [6, 6.07) is 8.23. The van der Waals surface area contributed by atoms with Crippen LogP contribution in [0, 0.1) is 5.41 Å². The minimum atomic E-state index is 0.0428. The van der Waals surface area contributed by atoms with Crippen molar-refractivity contribution in [3.05, 3.63) is 59.4 Å². The maximum atomic E-state index is 13.0. The van der Waals surface area contributed by atoms with Crippen LogP contribution in [0.4, 0.5) is 0 Å². The zero-order valence-corrected chi connectivity index (χ0v) is 16.9. The van der Waals surface area contributed by atoms with Gasteiger partial charge in [-0.1, -0.05) is 6.42 Å². The van der Waals surface area contributed by atoms with Gasteiger partial charge >= 0.3 is 0 Å². The number of likely N-dealkylation sites (tertiary alicyclic amines) is 1. The van der Waals surface area contributed by atoms with Gasteiger partial charge in [-0.2, -0.15) is 0 Å². The van der Waals surface area contributed by atoms with Crippen molar-refractivity contribution >= 4 is 12.0 Å². The van der Waals surface area contributed by atoms with Gasteiger partial charge in [-0.15, -0.1) is 0 Å². The first-order valence-electron chi connectivity index (χ1n) is 10.4. The van der Waals surface area contributed by atoms with Crippen molar-refractivity contribution in [2.24, 2.45) is 5.41 Å². The Morgan fingerprint density at radius 2 is 2.10 bits per heavy atom. The third-order valence-corrected chi connectivity index (χ3v) is 6.69. The van der Waals surface area contributed by atoms with Crippen LogP contribution in [0.25, 0.3) is 6.08 Å². The maximum Gasteiger partial charge on any atom is 0.247 e. The van der Waals surface area contributed by atoms with E-state index in [1.165, 1.54) is 24.8 Å². The van der Waals surface area contributed by atoms with Gasteiger partial charge < -0.3 is 14.4 Å². The second-order valence-electron chi connectivity index (χ2n) is 8.53. The first-order chi connectivity index (χ1) is 14.1. The van der Waals surface area contributed by atoms with E-state index in [9.17, 15) is 4.79 Å². The zero-order valence-electron chi connectivity index (χ0n) is 16.9. The Morgan fingerprint density at radius 3 is 2.79 bits per heavy atom. The van der Waals surface area contributed by atoms with Crippen LogP contribution in [0.3, 0.4) is 0 Å². The Kier molecular flexibility index (Phi) is 4.34. The summed E-state index contributed by atoms with van der Waals surface area (Å²) in [4.78, 5) is 19.2. The average Bonchev–Trinajstić information content (AvgIpc) is 3.03. The third kappa shape index (κ3) is 3.00. The van der Waals surface area contributed by atoms with E-state index in [1.807, 2.05) is 47.6 Å². The van der Waals surface area contributed by atoms with Crippen LogP contribution in [0.1, 0.15) is 48.9 Å². The van der Waals surface area contributed by atoms with E-state index in [4.69, 9.17) is 9.47 Å². The topological polar surface area (TPSA) is 51.7 Å². The van der Waals surface area contributed by atoms with Crippen LogP contribution in [0.5, 0.6) is 11.5 Å². The van der Waals surface area contributed by atoms with Gasteiger partial charge in [0.15, 0.2) is 0 Å². The van der Waals surface area contributed by atoms with E-state index < -0.39 is 0 Å². The number of carbonyl (C=O) groups excluding carboxylic acids is 1. The van der Waals surface area contributed by atoms with Gasteiger partial charge in [0.05, 0.1) is 13.2 Å². The molecule has 2 atom stereocenters. The molecular weight excluding hydrogens is 364 g/mol. The van der Waals surface area contributed by atoms with E-state index in [-0.39, 0.29) is 23.5 Å². The number of pyridine rings is 1. The van der Waals surface area contributed by atoms with E-state index in [0.29, 0.717) is 0 Å². The van der Waals surface area contributed by atoms with Crippen LogP contribution in [0.2, 0.25) is 0 Å². The number of fused-ring (bicyclic) bond motifs is 1. The highest BCUT2D eigenvalue weighted by Gasteiger charge is 2.57. The predicted octanol–water partition coefficient (Wildman–Crippen LogP) is 4.18. The largest absolute Gasteiger partial charge is 0.496 e. The molecule has 2 fully saturated rings. The molecule has 5 rings (SSSR count). The van der Waals surface area contributed by atoms with Gasteiger partial charge in [-0.25, -0.2) is 0 Å². The molecule has 5 nitrogen and oxygen atoms in total. The number of hydrogen-bond acceptors (Lipinski definition) is 4. The highest BCUT2D eigenvalue weighted by atomic mass is 16.5. The summed E-state index contributed by atoms with van der Waals surface area (Å²) < 4.78 is 11.4. The lowest BCUT2D eigenvalue weighted by Crippen LogP contribution is -2.63. The number of ether oxygens (including phenoxy) is 2. The van der Waals surface area contributed by atoms with E-state index in [0.717, 1.165) is 35.6 Å². The average molecular weight is 390 g/mol. The molecule has 1 aliphatic carbocycles. The number of carbonyl (C=O) groups is 1. The molecule has 0 N–H and O–H groups in total. The van der Waals surface area contributed by atoms with Gasteiger partial charge in [0.1, 0.15) is 17.6 Å². The summed E-state index contributed by atoms with van der Waals surface area (Å²) in [5.41, 5.74) is 3.48. The molecule has 150 valence electrons. The highest BCUT2D eigenvalue weighted by molar-refractivity contribution is 5.93. The van der Waals surface area contributed by atoms with Gasteiger partial charge in [0, 0.05) is 48.0 Å². The van der Waals surface area contributed by atoms with Crippen molar-refractivity contribution in [2.75, 3.05) is 13.7 Å². The number of nitrogens with zero attached hydrogens (tertiary/aromatic N) is 2. The van der Waals surface area contributed by atoms with Gasteiger partial charge in [-0.3, -0.25) is 9.78 Å². The number of benzene rings is 1. The van der Waals surface area contributed by atoms with Crippen molar-refractivity contribution in [3.8, 4) is 11.5 Å². The third-order valence-electron chi connectivity index (χ3n) is 6.69. The molecule has 1 aromatic heterocycles. The van der Waals surface area contributed by atoms with Crippen LogP contribution < -0.4 is 9.47 Å². The summed E-state index contributed by atoms with van der Waals surface area (Å²) in [5, 5.41) is 0. The summed E-state index contributed by atoms with van der Waals surface area (Å²) in [7, 11) is 1.66. The van der Waals surface area contributed by atoms with Gasteiger partial charge in [0.25, 0.3) is 0 Å². The SMILES string of the molecule is COc1cc2c(cc1/C=C/C(=O)N1CC3(CCC3)C1c1ccncc1)OC(C)C2. The highest BCUT2D eigenvalue weighted by Crippen LogP contribution is 2.60. The number of hydrogen-bond donors (Lipinski definition) is 0. The lowest BCUT2D eigenvalue weighted by molar-refractivity contribution is -0.163. The first kappa shape index (κ1) is 18.2. The minimum absolute atomic E-state index is 0.0428. The molecule has 1 saturated carbocycles. The summed E-state index contributed by atoms with van der Waals surface area (Å²) >= 11 is 0. The number of amides is 1. The minimum Gasteiger partial charge on any atom is -0.496 e. The second-order valence-corrected chi connectivity index (χ2v) is 8.53. The summed E-state index contributed by atoms with van der Waals surface area (Å²) in [6.45, 7) is 2.90. The molecule has 1 saturated heterocycles. The lowest BCUT2D eigenvalue weighted by atomic mass is 9.56.